The first-order chi connectivity index (χ1) is 12.4. The molecule has 6 heteroatoms. The third-order valence-corrected chi connectivity index (χ3v) is 4.29. The lowest BCUT2D eigenvalue weighted by Gasteiger charge is -2.25. The van der Waals surface area contributed by atoms with Crippen molar-refractivity contribution in [1.82, 2.24) is 10.2 Å². The molecular formula is C20H22F2N2O2. The van der Waals surface area contributed by atoms with Crippen LogP contribution in [0.3, 0.4) is 0 Å². The Kier molecular flexibility index (Phi) is 6.83. The zero-order valence-corrected chi connectivity index (χ0v) is 14.8. The molecule has 0 aliphatic heterocycles. The van der Waals surface area contributed by atoms with Gasteiger partial charge in [0.1, 0.15) is 0 Å². The molecule has 26 heavy (non-hydrogen) atoms. The van der Waals surface area contributed by atoms with E-state index in [-0.39, 0.29) is 24.3 Å². The Morgan fingerprint density at radius 3 is 2.42 bits per heavy atom. The van der Waals surface area contributed by atoms with Gasteiger partial charge in [-0.05, 0) is 43.2 Å². The second-order valence-corrected chi connectivity index (χ2v) is 6.08. The molecule has 0 aromatic heterocycles. The van der Waals surface area contributed by atoms with Gasteiger partial charge in [-0.2, -0.15) is 0 Å². The average molecular weight is 360 g/mol. The minimum Gasteiger partial charge on any atom is -0.352 e. The largest absolute Gasteiger partial charge is 0.352 e. The van der Waals surface area contributed by atoms with Gasteiger partial charge in [0.2, 0.25) is 5.91 Å². The summed E-state index contributed by atoms with van der Waals surface area (Å²) >= 11 is 0. The summed E-state index contributed by atoms with van der Waals surface area (Å²) in [5.41, 5.74) is 1.10. The molecule has 0 radical (unpaired) electrons. The highest BCUT2D eigenvalue weighted by molar-refractivity contribution is 5.94. The molecule has 1 atom stereocenters. The Balaban J connectivity index is 1.79. The zero-order valence-electron chi connectivity index (χ0n) is 14.8. The monoisotopic (exact) mass is 360 g/mol. The van der Waals surface area contributed by atoms with Gasteiger partial charge >= 0.3 is 0 Å². The van der Waals surface area contributed by atoms with Gasteiger partial charge in [0.05, 0.1) is 6.04 Å². The summed E-state index contributed by atoms with van der Waals surface area (Å²) < 4.78 is 26.4. The van der Waals surface area contributed by atoms with Gasteiger partial charge in [0.15, 0.2) is 11.6 Å². The standard InChI is InChI=1S/C20H22F2N2O2/c1-14(16-10-11-17(21)18(22)13-16)24(2)19(25)9-6-12-23-20(26)15-7-4-3-5-8-15/h3-5,7-8,10-11,13-14H,6,9,12H2,1-2H3,(H,23,26). The van der Waals surface area contributed by atoms with E-state index < -0.39 is 11.6 Å². The lowest BCUT2D eigenvalue weighted by molar-refractivity contribution is -0.131. The summed E-state index contributed by atoms with van der Waals surface area (Å²) in [5.74, 6) is -2.15. The summed E-state index contributed by atoms with van der Waals surface area (Å²) in [4.78, 5) is 25.7. The fourth-order valence-corrected chi connectivity index (χ4v) is 2.52. The first kappa shape index (κ1) is 19.6. The van der Waals surface area contributed by atoms with Gasteiger partial charge in [0.25, 0.3) is 5.91 Å². The predicted molar refractivity (Wildman–Crippen MR) is 95.6 cm³/mol. The van der Waals surface area contributed by atoms with Crippen molar-refractivity contribution in [3.8, 4) is 0 Å². The van der Waals surface area contributed by atoms with E-state index in [1.807, 2.05) is 6.07 Å². The maximum Gasteiger partial charge on any atom is 0.251 e. The van der Waals surface area contributed by atoms with Crippen LogP contribution in [0.1, 0.15) is 41.7 Å². The van der Waals surface area contributed by atoms with Crippen LogP contribution in [0.15, 0.2) is 48.5 Å². The van der Waals surface area contributed by atoms with Crippen molar-refractivity contribution in [2.75, 3.05) is 13.6 Å². The number of rotatable bonds is 7. The molecule has 0 saturated heterocycles. The minimum atomic E-state index is -0.932. The normalized spacial score (nSPS) is 11.7. The van der Waals surface area contributed by atoms with Crippen LogP contribution in [-0.4, -0.2) is 30.3 Å². The zero-order chi connectivity index (χ0) is 19.1. The number of amides is 2. The van der Waals surface area contributed by atoms with E-state index in [1.54, 1.807) is 38.2 Å². The molecule has 0 heterocycles. The van der Waals surface area contributed by atoms with Crippen molar-refractivity contribution in [1.29, 1.82) is 0 Å². The van der Waals surface area contributed by atoms with Crippen LogP contribution < -0.4 is 5.32 Å². The molecule has 1 N–H and O–H groups in total. The minimum absolute atomic E-state index is 0.129. The van der Waals surface area contributed by atoms with Gasteiger partial charge in [-0.15, -0.1) is 0 Å². The Labute approximate surface area is 151 Å². The third-order valence-electron chi connectivity index (χ3n) is 4.29. The first-order valence-electron chi connectivity index (χ1n) is 8.44. The molecule has 0 aliphatic carbocycles. The van der Waals surface area contributed by atoms with Crippen LogP contribution in [0.25, 0.3) is 0 Å². The Hall–Kier alpha value is -2.76. The molecule has 0 bridgehead atoms. The summed E-state index contributed by atoms with van der Waals surface area (Å²) in [7, 11) is 1.62. The molecule has 2 rings (SSSR count). The van der Waals surface area contributed by atoms with E-state index in [9.17, 15) is 18.4 Å². The number of hydrogen-bond donors (Lipinski definition) is 1. The van der Waals surface area contributed by atoms with Crippen molar-refractivity contribution in [2.45, 2.75) is 25.8 Å². The maximum absolute atomic E-state index is 13.3. The van der Waals surface area contributed by atoms with Gasteiger partial charge < -0.3 is 10.2 Å². The molecule has 0 saturated carbocycles. The summed E-state index contributed by atoms with van der Waals surface area (Å²) in [6, 6.07) is 12.1. The molecule has 2 aromatic carbocycles. The fourth-order valence-electron chi connectivity index (χ4n) is 2.52. The van der Waals surface area contributed by atoms with Crippen LogP contribution >= 0.6 is 0 Å². The second kappa shape index (κ2) is 9.08. The van der Waals surface area contributed by atoms with Gasteiger partial charge in [0, 0.05) is 25.6 Å². The van der Waals surface area contributed by atoms with Crippen molar-refractivity contribution in [3.63, 3.8) is 0 Å². The van der Waals surface area contributed by atoms with E-state index in [4.69, 9.17) is 0 Å². The van der Waals surface area contributed by atoms with Crippen molar-refractivity contribution >= 4 is 11.8 Å². The number of nitrogens with one attached hydrogen (secondary N) is 1. The summed E-state index contributed by atoms with van der Waals surface area (Å²) in [6.45, 7) is 2.13. The maximum atomic E-state index is 13.3. The lowest BCUT2D eigenvalue weighted by Crippen LogP contribution is -2.31. The SMILES string of the molecule is CC(c1ccc(F)c(F)c1)N(C)C(=O)CCCNC(=O)c1ccccc1. The van der Waals surface area contributed by atoms with E-state index in [2.05, 4.69) is 5.32 Å². The van der Waals surface area contributed by atoms with Crippen LogP contribution in [-0.2, 0) is 4.79 Å². The highest BCUT2D eigenvalue weighted by Gasteiger charge is 2.18. The molecule has 0 aliphatic rings. The number of carbonyl (C=O) groups is 2. The average Bonchev–Trinajstić information content (AvgIpc) is 2.66. The smallest absolute Gasteiger partial charge is 0.251 e. The molecule has 0 fully saturated rings. The Bertz CT molecular complexity index is 766. The molecule has 2 amide bonds. The second-order valence-electron chi connectivity index (χ2n) is 6.08. The number of carbonyl (C=O) groups excluding carboxylic acids is 2. The molecule has 1 unspecified atom stereocenters. The van der Waals surface area contributed by atoms with E-state index in [0.29, 0.717) is 24.1 Å². The Morgan fingerprint density at radius 2 is 1.77 bits per heavy atom. The Morgan fingerprint density at radius 1 is 1.08 bits per heavy atom. The van der Waals surface area contributed by atoms with E-state index in [0.717, 1.165) is 12.1 Å². The predicted octanol–water partition coefficient (Wildman–Crippen LogP) is 3.69. The highest BCUT2D eigenvalue weighted by atomic mass is 19.2. The summed E-state index contributed by atoms with van der Waals surface area (Å²) in [5, 5.41) is 2.77. The van der Waals surface area contributed by atoms with Gasteiger partial charge in [-0.3, -0.25) is 9.59 Å². The topological polar surface area (TPSA) is 49.4 Å². The fraction of sp³-hybridized carbons (Fsp3) is 0.300. The van der Waals surface area contributed by atoms with E-state index >= 15 is 0 Å². The van der Waals surface area contributed by atoms with Crippen LogP contribution in [0, 0.1) is 11.6 Å². The lowest BCUT2D eigenvalue weighted by atomic mass is 10.1. The molecule has 2 aromatic rings. The van der Waals surface area contributed by atoms with Crippen molar-refractivity contribution < 1.29 is 18.4 Å². The van der Waals surface area contributed by atoms with Crippen molar-refractivity contribution in [3.05, 3.63) is 71.3 Å². The van der Waals surface area contributed by atoms with Crippen LogP contribution in [0.2, 0.25) is 0 Å². The number of halogens is 2. The van der Waals surface area contributed by atoms with Crippen LogP contribution in [0.4, 0.5) is 8.78 Å². The van der Waals surface area contributed by atoms with Gasteiger partial charge in [-0.1, -0.05) is 24.3 Å². The highest BCUT2D eigenvalue weighted by Crippen LogP contribution is 2.21. The first-order valence-corrected chi connectivity index (χ1v) is 8.44. The summed E-state index contributed by atoms with van der Waals surface area (Å²) in [6.07, 6.45) is 0.742. The number of nitrogens with zero attached hydrogens (tertiary/aromatic N) is 1. The molecule has 0 spiro atoms. The number of hydrogen-bond acceptors (Lipinski definition) is 2. The molecule has 4 nitrogen and oxygen atoms in total. The van der Waals surface area contributed by atoms with Crippen molar-refractivity contribution in [2.24, 2.45) is 0 Å². The third kappa shape index (κ3) is 5.12. The number of benzene rings is 2. The quantitative estimate of drug-likeness (QED) is 0.766. The molecule has 138 valence electrons. The van der Waals surface area contributed by atoms with E-state index in [1.165, 1.54) is 11.0 Å². The van der Waals surface area contributed by atoms with Crippen LogP contribution in [0.5, 0.6) is 0 Å². The molecular weight excluding hydrogens is 338 g/mol. The van der Waals surface area contributed by atoms with Gasteiger partial charge in [-0.25, -0.2) is 8.78 Å².